The van der Waals surface area contributed by atoms with E-state index in [4.69, 9.17) is 15.2 Å². The predicted octanol–water partition coefficient (Wildman–Crippen LogP) is 2.59. The molecule has 11 nitrogen and oxygen atoms in total. The Morgan fingerprint density at radius 1 is 1.13 bits per heavy atom. The van der Waals surface area contributed by atoms with Crippen LogP contribution in [0.25, 0.3) is 0 Å². The first kappa shape index (κ1) is 33.1. The molecule has 0 aliphatic rings. The van der Waals surface area contributed by atoms with E-state index in [2.05, 4.69) is 17.2 Å². The zero-order valence-electron chi connectivity index (χ0n) is 23.8. The van der Waals surface area contributed by atoms with Crippen molar-refractivity contribution in [3.63, 3.8) is 0 Å². The van der Waals surface area contributed by atoms with Crippen molar-refractivity contribution >= 4 is 29.8 Å². The lowest BCUT2D eigenvalue weighted by atomic mass is 9.94. The summed E-state index contributed by atoms with van der Waals surface area (Å²) in [6.45, 7) is 14.3. The molecule has 0 saturated heterocycles. The number of hydrogen-bond donors (Lipinski definition) is 3. The summed E-state index contributed by atoms with van der Waals surface area (Å²) in [5.74, 6) is -2.28. The minimum atomic E-state index is -1.22. The van der Waals surface area contributed by atoms with Crippen LogP contribution in [0.3, 0.4) is 0 Å². The van der Waals surface area contributed by atoms with E-state index >= 15 is 0 Å². The van der Waals surface area contributed by atoms with Crippen molar-refractivity contribution in [3.8, 4) is 0 Å². The second kappa shape index (κ2) is 15.5. The Hall–Kier alpha value is -3.89. The molecule has 0 fully saturated rings. The number of hydrogen-bond acceptors (Lipinski definition) is 7. The van der Waals surface area contributed by atoms with E-state index in [9.17, 15) is 24.0 Å². The normalized spacial score (nSPS) is 12.5. The number of nitrogens with one attached hydrogen (secondary N) is 2. The third-order valence-corrected chi connectivity index (χ3v) is 5.71. The molecule has 1 aromatic rings. The highest BCUT2D eigenvalue weighted by Crippen LogP contribution is 2.27. The first-order valence-electron chi connectivity index (χ1n) is 12.9. The van der Waals surface area contributed by atoms with Crippen molar-refractivity contribution in [1.82, 2.24) is 15.5 Å². The molecule has 39 heavy (non-hydrogen) atoms. The van der Waals surface area contributed by atoms with Crippen molar-refractivity contribution in [2.24, 2.45) is 5.73 Å². The Bertz CT molecular complexity index is 1050. The standard InChI is InChI=1S/C28H42N4O7/c1-8-17-32(26(36)21(13-14-22(29)33)31-27(37)39-28(5,6)7)24(20-12-10-11-18(3)19(20)4)25(35)30-16-15-23(34)38-9-2/h8,10-12,21,24H,1,9,13-17H2,2-7H3,(H2,29,33)(H,30,35)(H,31,37). The Morgan fingerprint density at radius 3 is 2.36 bits per heavy atom. The van der Waals surface area contributed by atoms with E-state index in [1.165, 1.54) is 11.0 Å². The smallest absolute Gasteiger partial charge is 0.408 e. The quantitative estimate of drug-likeness (QED) is 0.239. The van der Waals surface area contributed by atoms with Crippen molar-refractivity contribution in [2.75, 3.05) is 19.7 Å². The van der Waals surface area contributed by atoms with Crippen LogP contribution in [0.2, 0.25) is 0 Å². The van der Waals surface area contributed by atoms with Gasteiger partial charge in [-0.1, -0.05) is 24.3 Å². The Kier molecular flexibility index (Phi) is 13.2. The first-order chi connectivity index (χ1) is 18.2. The third-order valence-electron chi connectivity index (χ3n) is 5.71. The van der Waals surface area contributed by atoms with Crippen LogP contribution in [0.1, 0.15) is 69.7 Å². The Balaban J connectivity index is 3.46. The third kappa shape index (κ3) is 11.2. The van der Waals surface area contributed by atoms with E-state index in [0.717, 1.165) is 11.1 Å². The molecule has 0 bridgehead atoms. The molecule has 0 aromatic heterocycles. The van der Waals surface area contributed by atoms with Gasteiger partial charge in [-0.2, -0.15) is 0 Å². The average Bonchev–Trinajstić information content (AvgIpc) is 2.82. The number of carbonyl (C=O) groups excluding carboxylic acids is 5. The molecule has 0 aliphatic carbocycles. The largest absolute Gasteiger partial charge is 0.466 e. The summed E-state index contributed by atoms with van der Waals surface area (Å²) in [6, 6.07) is 3.05. The summed E-state index contributed by atoms with van der Waals surface area (Å²) in [5.41, 5.74) is 6.74. The van der Waals surface area contributed by atoms with Crippen LogP contribution in [-0.2, 0) is 28.7 Å². The van der Waals surface area contributed by atoms with Crippen LogP contribution < -0.4 is 16.4 Å². The number of primary amides is 1. The Labute approximate surface area is 230 Å². The van der Waals surface area contributed by atoms with E-state index in [-0.39, 0.29) is 39.0 Å². The molecule has 216 valence electrons. The monoisotopic (exact) mass is 546 g/mol. The van der Waals surface area contributed by atoms with Gasteiger partial charge in [-0.15, -0.1) is 6.58 Å². The van der Waals surface area contributed by atoms with Crippen LogP contribution in [-0.4, -0.2) is 66.0 Å². The summed E-state index contributed by atoms with van der Waals surface area (Å²) in [6.07, 6.45) is 0.265. The maximum absolute atomic E-state index is 13.9. The number of esters is 1. The number of carbonyl (C=O) groups is 5. The van der Waals surface area contributed by atoms with Crippen LogP contribution >= 0.6 is 0 Å². The average molecular weight is 547 g/mol. The molecule has 0 heterocycles. The molecule has 11 heteroatoms. The molecule has 1 aromatic carbocycles. The number of nitrogens with zero attached hydrogens (tertiary/aromatic N) is 1. The van der Waals surface area contributed by atoms with Crippen LogP contribution in [0.4, 0.5) is 4.79 Å². The summed E-state index contributed by atoms with van der Waals surface area (Å²) in [5, 5.41) is 5.24. The maximum atomic E-state index is 13.9. The highest BCUT2D eigenvalue weighted by Gasteiger charge is 2.36. The zero-order valence-corrected chi connectivity index (χ0v) is 23.8. The fourth-order valence-corrected chi connectivity index (χ4v) is 3.79. The van der Waals surface area contributed by atoms with Crippen molar-refractivity contribution in [1.29, 1.82) is 0 Å². The topological polar surface area (TPSA) is 157 Å². The van der Waals surface area contributed by atoms with Crippen LogP contribution in [0, 0.1) is 13.8 Å². The molecule has 2 unspecified atom stereocenters. The van der Waals surface area contributed by atoms with Gasteiger partial charge in [-0.25, -0.2) is 4.79 Å². The number of alkyl carbamates (subject to hydrolysis) is 1. The van der Waals surface area contributed by atoms with Gasteiger partial charge in [-0.05, 0) is 64.7 Å². The molecule has 0 aliphatic heterocycles. The van der Waals surface area contributed by atoms with Crippen LogP contribution in [0.5, 0.6) is 0 Å². The van der Waals surface area contributed by atoms with E-state index in [1.54, 1.807) is 39.8 Å². The molecule has 0 saturated carbocycles. The minimum absolute atomic E-state index is 0.00356. The van der Waals surface area contributed by atoms with Gasteiger partial charge >= 0.3 is 12.1 Å². The van der Waals surface area contributed by atoms with Gasteiger partial charge in [0.25, 0.3) is 0 Å². The summed E-state index contributed by atoms with van der Waals surface area (Å²) < 4.78 is 10.2. The fraction of sp³-hybridized carbons (Fsp3) is 0.536. The van der Waals surface area contributed by atoms with Crippen molar-refractivity contribution in [3.05, 3.63) is 47.5 Å². The number of amides is 4. The number of ether oxygens (including phenoxy) is 2. The summed E-state index contributed by atoms with van der Waals surface area (Å²) in [7, 11) is 0. The van der Waals surface area contributed by atoms with Gasteiger partial charge in [-0.3, -0.25) is 19.2 Å². The molecule has 0 radical (unpaired) electrons. The van der Waals surface area contributed by atoms with Gasteiger partial charge in [0.05, 0.1) is 13.0 Å². The van der Waals surface area contributed by atoms with E-state index < -0.39 is 47.5 Å². The molecular formula is C28H42N4O7. The van der Waals surface area contributed by atoms with Gasteiger partial charge in [0.15, 0.2) is 0 Å². The SMILES string of the molecule is C=CCN(C(=O)C(CCC(N)=O)NC(=O)OC(C)(C)C)C(C(=O)NCCC(=O)OCC)c1cccc(C)c1C. The van der Waals surface area contributed by atoms with E-state index in [0.29, 0.717) is 5.56 Å². The lowest BCUT2D eigenvalue weighted by molar-refractivity contribution is -0.144. The first-order valence-corrected chi connectivity index (χ1v) is 12.9. The highest BCUT2D eigenvalue weighted by molar-refractivity contribution is 5.93. The Morgan fingerprint density at radius 2 is 1.79 bits per heavy atom. The molecular weight excluding hydrogens is 504 g/mol. The second-order valence-electron chi connectivity index (χ2n) is 10.0. The molecule has 4 N–H and O–H groups in total. The number of benzene rings is 1. The van der Waals surface area contributed by atoms with Gasteiger partial charge < -0.3 is 30.7 Å². The van der Waals surface area contributed by atoms with Crippen molar-refractivity contribution in [2.45, 2.75) is 78.5 Å². The molecule has 2 atom stereocenters. The minimum Gasteiger partial charge on any atom is -0.466 e. The number of nitrogens with two attached hydrogens (primary N) is 1. The zero-order chi connectivity index (χ0) is 29.8. The number of aryl methyl sites for hydroxylation is 1. The lowest BCUT2D eigenvalue weighted by Gasteiger charge is -2.34. The second-order valence-corrected chi connectivity index (χ2v) is 10.0. The van der Waals surface area contributed by atoms with Gasteiger partial charge in [0.1, 0.15) is 17.7 Å². The lowest BCUT2D eigenvalue weighted by Crippen LogP contribution is -2.53. The van der Waals surface area contributed by atoms with Gasteiger partial charge in [0.2, 0.25) is 17.7 Å². The fourth-order valence-electron chi connectivity index (χ4n) is 3.79. The maximum Gasteiger partial charge on any atom is 0.408 e. The van der Waals surface area contributed by atoms with Crippen LogP contribution in [0.15, 0.2) is 30.9 Å². The van der Waals surface area contributed by atoms with E-state index in [1.807, 2.05) is 19.9 Å². The predicted molar refractivity (Wildman–Crippen MR) is 146 cm³/mol. The molecule has 0 spiro atoms. The molecule has 1 rings (SSSR count). The van der Waals surface area contributed by atoms with Gasteiger partial charge in [0, 0.05) is 19.5 Å². The molecule has 4 amide bonds. The number of rotatable bonds is 14. The summed E-state index contributed by atoms with van der Waals surface area (Å²) >= 11 is 0. The highest BCUT2D eigenvalue weighted by atomic mass is 16.6. The van der Waals surface area contributed by atoms with Crippen molar-refractivity contribution < 1.29 is 33.4 Å². The summed E-state index contributed by atoms with van der Waals surface area (Å²) in [4.78, 5) is 64.7.